The second-order valence-electron chi connectivity index (χ2n) is 8.95. The molecule has 1 aliphatic rings. The number of hydrogen-bond donors (Lipinski definition) is 0. The quantitative estimate of drug-likeness (QED) is 0.256. The van der Waals surface area contributed by atoms with Crippen molar-refractivity contribution in [1.82, 2.24) is 19.6 Å². The van der Waals surface area contributed by atoms with Crippen LogP contribution in [0.4, 0.5) is 33.5 Å². The Hall–Kier alpha value is -3.78. The highest BCUT2D eigenvalue weighted by Crippen LogP contribution is 2.39. The van der Waals surface area contributed by atoms with Crippen LogP contribution in [0.1, 0.15) is 30.8 Å². The third-order valence-electron chi connectivity index (χ3n) is 6.17. The highest BCUT2D eigenvalue weighted by Gasteiger charge is 2.46. The Morgan fingerprint density at radius 3 is 2.58 bits per heavy atom. The molecular formula is C25H20F5N5O. The summed E-state index contributed by atoms with van der Waals surface area (Å²) < 4.78 is 76.9. The first-order valence-corrected chi connectivity index (χ1v) is 11.1. The minimum Gasteiger partial charge on any atom is -0.375 e. The Morgan fingerprint density at radius 1 is 1.06 bits per heavy atom. The summed E-state index contributed by atoms with van der Waals surface area (Å²) in [5.41, 5.74) is -0.527. The van der Waals surface area contributed by atoms with Crippen molar-refractivity contribution >= 4 is 28.2 Å². The van der Waals surface area contributed by atoms with E-state index >= 15 is 4.39 Å². The average molecular weight is 501 g/mol. The van der Waals surface area contributed by atoms with Crippen molar-refractivity contribution in [2.24, 2.45) is 5.41 Å². The summed E-state index contributed by atoms with van der Waals surface area (Å²) >= 11 is 0. The van der Waals surface area contributed by atoms with Gasteiger partial charge in [-0.15, -0.1) is 10.2 Å². The number of hydrogen-bond acceptors (Lipinski definition) is 5. The molecule has 4 aromatic rings. The molecule has 0 bridgehead atoms. The standard InChI is InChI=1S/C25H20F5N5O/c1-14-32-33-23-31-22(20-19(35(14)23)8-7-17(26)21(20)27)34-11-12-36-13-16-15(5-4-6-18(16)34)9-10-24(2,3)25(28,29)30/h4-8H,11-13H2,1-3H3. The second kappa shape index (κ2) is 8.41. The van der Waals surface area contributed by atoms with E-state index in [1.54, 1.807) is 30.0 Å². The zero-order chi connectivity index (χ0) is 25.8. The maximum absolute atomic E-state index is 15.2. The van der Waals surface area contributed by atoms with E-state index in [0.717, 1.165) is 19.9 Å². The fourth-order valence-corrected chi connectivity index (χ4v) is 4.05. The summed E-state index contributed by atoms with van der Waals surface area (Å²) in [7, 11) is 0. The van der Waals surface area contributed by atoms with E-state index < -0.39 is 23.2 Å². The zero-order valence-corrected chi connectivity index (χ0v) is 19.5. The second-order valence-corrected chi connectivity index (χ2v) is 8.95. The minimum absolute atomic E-state index is 0.0736. The van der Waals surface area contributed by atoms with Crippen molar-refractivity contribution in [2.75, 3.05) is 18.1 Å². The van der Waals surface area contributed by atoms with Crippen molar-refractivity contribution in [2.45, 2.75) is 33.6 Å². The first kappa shape index (κ1) is 23.9. The Kier molecular flexibility index (Phi) is 5.59. The third-order valence-corrected chi connectivity index (χ3v) is 6.17. The summed E-state index contributed by atoms with van der Waals surface area (Å²) in [6.07, 6.45) is -4.51. The van der Waals surface area contributed by atoms with Crippen LogP contribution in [0.2, 0.25) is 0 Å². The number of anilines is 2. The predicted octanol–water partition coefficient (Wildman–Crippen LogP) is 5.47. The molecule has 0 saturated carbocycles. The van der Waals surface area contributed by atoms with E-state index in [1.807, 2.05) is 0 Å². The number of fused-ring (bicyclic) bond motifs is 4. The maximum Gasteiger partial charge on any atom is 0.404 e. The van der Waals surface area contributed by atoms with Crippen molar-refractivity contribution in [3.8, 4) is 11.8 Å². The number of benzene rings is 2. The van der Waals surface area contributed by atoms with Gasteiger partial charge in [0, 0.05) is 23.4 Å². The van der Waals surface area contributed by atoms with Gasteiger partial charge in [-0.2, -0.15) is 18.2 Å². The van der Waals surface area contributed by atoms with Crippen molar-refractivity contribution in [3.05, 3.63) is 58.9 Å². The molecule has 0 amide bonds. The molecule has 0 atom stereocenters. The fourth-order valence-electron chi connectivity index (χ4n) is 4.05. The van der Waals surface area contributed by atoms with Gasteiger partial charge in [-0.3, -0.25) is 4.40 Å². The highest BCUT2D eigenvalue weighted by molar-refractivity contribution is 5.94. The van der Waals surface area contributed by atoms with Crippen LogP contribution in [-0.4, -0.2) is 38.9 Å². The summed E-state index contributed by atoms with van der Waals surface area (Å²) in [6, 6.07) is 7.41. The smallest absolute Gasteiger partial charge is 0.375 e. The van der Waals surface area contributed by atoms with Crippen LogP contribution in [0.3, 0.4) is 0 Å². The number of alkyl halides is 3. The summed E-state index contributed by atoms with van der Waals surface area (Å²) in [4.78, 5) is 6.16. The highest BCUT2D eigenvalue weighted by atomic mass is 19.4. The third kappa shape index (κ3) is 3.82. The molecule has 11 heteroatoms. The first-order valence-electron chi connectivity index (χ1n) is 11.1. The number of halogens is 5. The minimum atomic E-state index is -4.51. The van der Waals surface area contributed by atoms with Gasteiger partial charge in [0.15, 0.2) is 11.6 Å². The summed E-state index contributed by atoms with van der Waals surface area (Å²) in [5, 5.41) is 7.98. The number of aromatic nitrogens is 4. The molecule has 2 aromatic carbocycles. The number of rotatable bonds is 1. The van der Waals surface area contributed by atoms with Gasteiger partial charge >= 0.3 is 6.18 Å². The lowest BCUT2D eigenvalue weighted by Crippen LogP contribution is -2.30. The molecule has 36 heavy (non-hydrogen) atoms. The normalized spacial score (nSPS) is 14.5. The van der Waals surface area contributed by atoms with E-state index in [0.29, 0.717) is 28.2 Å². The van der Waals surface area contributed by atoms with Crippen LogP contribution in [0.5, 0.6) is 0 Å². The predicted molar refractivity (Wildman–Crippen MR) is 123 cm³/mol. The molecule has 0 fully saturated rings. The molecule has 5 rings (SSSR count). The van der Waals surface area contributed by atoms with Crippen LogP contribution in [0, 0.1) is 35.8 Å². The van der Waals surface area contributed by atoms with Crippen molar-refractivity contribution < 1.29 is 26.7 Å². The van der Waals surface area contributed by atoms with Crippen molar-refractivity contribution in [3.63, 3.8) is 0 Å². The SMILES string of the molecule is Cc1nnc2nc(N3CCOCc4c(C#CC(C)(C)C(F)(F)F)cccc43)c3c(F)c(F)ccc3n12. The number of nitrogens with zero attached hydrogens (tertiary/aromatic N) is 5. The van der Waals surface area contributed by atoms with Crippen LogP contribution >= 0.6 is 0 Å². The topological polar surface area (TPSA) is 55.5 Å². The molecule has 0 aliphatic carbocycles. The number of aryl methyl sites for hydroxylation is 1. The van der Waals surface area contributed by atoms with Gasteiger partial charge < -0.3 is 9.64 Å². The largest absolute Gasteiger partial charge is 0.404 e. The molecule has 3 heterocycles. The molecule has 0 N–H and O–H groups in total. The van der Waals surface area contributed by atoms with Gasteiger partial charge in [0.05, 0.1) is 24.1 Å². The van der Waals surface area contributed by atoms with E-state index in [-0.39, 0.29) is 36.7 Å². The van der Waals surface area contributed by atoms with Crippen LogP contribution in [0.15, 0.2) is 30.3 Å². The van der Waals surface area contributed by atoms with E-state index in [1.165, 1.54) is 10.5 Å². The van der Waals surface area contributed by atoms with Gasteiger partial charge in [0.1, 0.15) is 17.1 Å². The number of ether oxygens (including phenoxy) is 1. The van der Waals surface area contributed by atoms with E-state index in [9.17, 15) is 17.6 Å². The monoisotopic (exact) mass is 501 g/mol. The fraction of sp³-hybridized carbons (Fsp3) is 0.320. The molecule has 0 spiro atoms. The molecule has 0 saturated heterocycles. The van der Waals surface area contributed by atoms with Gasteiger partial charge in [-0.05, 0) is 45.0 Å². The van der Waals surface area contributed by atoms with Crippen molar-refractivity contribution in [1.29, 1.82) is 0 Å². The molecular weight excluding hydrogens is 481 g/mol. The molecule has 0 radical (unpaired) electrons. The van der Waals surface area contributed by atoms with Crippen LogP contribution in [0.25, 0.3) is 16.7 Å². The lowest BCUT2D eigenvalue weighted by molar-refractivity contribution is -0.190. The first-order chi connectivity index (χ1) is 17.0. The molecule has 6 nitrogen and oxygen atoms in total. The van der Waals surface area contributed by atoms with Crippen LogP contribution in [-0.2, 0) is 11.3 Å². The molecule has 186 valence electrons. The van der Waals surface area contributed by atoms with Gasteiger partial charge in [0.2, 0.25) is 0 Å². The van der Waals surface area contributed by atoms with Crippen LogP contribution < -0.4 is 4.90 Å². The lowest BCUT2D eigenvalue weighted by Gasteiger charge is -2.25. The molecule has 1 aliphatic heterocycles. The van der Waals surface area contributed by atoms with E-state index in [4.69, 9.17) is 4.74 Å². The Balaban J connectivity index is 1.74. The van der Waals surface area contributed by atoms with Gasteiger partial charge in [-0.25, -0.2) is 8.78 Å². The summed E-state index contributed by atoms with van der Waals surface area (Å²) in [5.74, 6) is 3.57. The molecule has 0 unspecified atom stereocenters. The lowest BCUT2D eigenvalue weighted by atomic mass is 9.92. The van der Waals surface area contributed by atoms with E-state index in [2.05, 4.69) is 27.0 Å². The molecule has 2 aromatic heterocycles. The van der Waals surface area contributed by atoms with Gasteiger partial charge in [0.25, 0.3) is 5.78 Å². The van der Waals surface area contributed by atoms with Gasteiger partial charge in [-0.1, -0.05) is 17.9 Å². The average Bonchev–Trinajstić information content (AvgIpc) is 3.06. The maximum atomic E-state index is 15.2. The summed E-state index contributed by atoms with van der Waals surface area (Å²) in [6.45, 7) is 4.18. The zero-order valence-electron chi connectivity index (χ0n) is 19.5. The Bertz CT molecular complexity index is 1560. The Labute approximate surface area is 202 Å². The Morgan fingerprint density at radius 2 is 1.83 bits per heavy atom.